The van der Waals surface area contributed by atoms with Gasteiger partial charge in [0, 0.05) is 18.9 Å². The van der Waals surface area contributed by atoms with E-state index >= 15 is 0 Å². The van der Waals surface area contributed by atoms with Gasteiger partial charge in [0.25, 0.3) is 0 Å². The lowest BCUT2D eigenvalue weighted by Gasteiger charge is -2.07. The molecule has 0 radical (unpaired) electrons. The van der Waals surface area contributed by atoms with Crippen LogP contribution in [0.2, 0.25) is 5.15 Å². The Kier molecular flexibility index (Phi) is 3.25. The van der Waals surface area contributed by atoms with Crippen LogP contribution < -0.4 is 5.32 Å². The van der Waals surface area contributed by atoms with E-state index in [1.807, 2.05) is 36.4 Å². The number of rotatable bonds is 3. The summed E-state index contributed by atoms with van der Waals surface area (Å²) in [6.45, 7) is 0.612. The van der Waals surface area contributed by atoms with E-state index in [1.165, 1.54) is 0 Å². The van der Waals surface area contributed by atoms with Crippen LogP contribution in [0.4, 0.5) is 5.82 Å². The van der Waals surface area contributed by atoms with Crippen molar-refractivity contribution >= 4 is 28.5 Å². The maximum Gasteiger partial charge on any atom is 0.172 e. The third kappa shape index (κ3) is 2.63. The third-order valence-corrected chi connectivity index (χ3v) is 2.97. The van der Waals surface area contributed by atoms with Crippen LogP contribution in [0.25, 0.3) is 11.0 Å². The molecular formula is C14H11ClN4. The SMILES string of the molecule is Clc1nc2ccccc2nc1NCc1cccnc1. The first-order chi connectivity index (χ1) is 9.33. The summed E-state index contributed by atoms with van der Waals surface area (Å²) in [4.78, 5) is 12.8. The second-order valence-corrected chi connectivity index (χ2v) is 4.42. The lowest BCUT2D eigenvalue weighted by atomic mass is 10.3. The molecule has 0 saturated heterocycles. The molecule has 0 unspecified atom stereocenters. The Morgan fingerprint density at radius 2 is 1.79 bits per heavy atom. The van der Waals surface area contributed by atoms with Crippen molar-refractivity contribution in [3.05, 3.63) is 59.5 Å². The monoisotopic (exact) mass is 270 g/mol. The standard InChI is InChI=1S/C14H11ClN4/c15-13-14(17-9-10-4-3-7-16-8-10)19-12-6-2-1-5-11(12)18-13/h1-8H,9H2,(H,17,19). The molecule has 1 N–H and O–H groups in total. The molecule has 0 aliphatic carbocycles. The van der Waals surface area contributed by atoms with Crippen molar-refractivity contribution < 1.29 is 0 Å². The van der Waals surface area contributed by atoms with Crippen molar-refractivity contribution in [3.63, 3.8) is 0 Å². The van der Waals surface area contributed by atoms with Crippen molar-refractivity contribution in [1.82, 2.24) is 15.0 Å². The summed E-state index contributed by atoms with van der Waals surface area (Å²) in [5, 5.41) is 3.55. The van der Waals surface area contributed by atoms with Gasteiger partial charge in [-0.15, -0.1) is 0 Å². The highest BCUT2D eigenvalue weighted by atomic mass is 35.5. The minimum atomic E-state index is 0.377. The second kappa shape index (κ2) is 5.20. The number of benzene rings is 1. The van der Waals surface area contributed by atoms with Crippen LogP contribution in [0.15, 0.2) is 48.8 Å². The predicted molar refractivity (Wildman–Crippen MR) is 76.1 cm³/mol. The number of pyridine rings is 1. The van der Waals surface area contributed by atoms with E-state index < -0.39 is 0 Å². The topological polar surface area (TPSA) is 50.7 Å². The number of nitrogens with one attached hydrogen (secondary N) is 1. The highest BCUT2D eigenvalue weighted by molar-refractivity contribution is 6.32. The minimum absolute atomic E-state index is 0.377. The van der Waals surface area contributed by atoms with Crippen molar-refractivity contribution in [1.29, 1.82) is 0 Å². The maximum absolute atomic E-state index is 6.12. The number of hydrogen-bond donors (Lipinski definition) is 1. The molecular weight excluding hydrogens is 260 g/mol. The number of halogens is 1. The van der Waals surface area contributed by atoms with E-state index in [4.69, 9.17) is 11.6 Å². The van der Waals surface area contributed by atoms with Crippen molar-refractivity contribution in [2.75, 3.05) is 5.32 Å². The average Bonchev–Trinajstić information content (AvgIpc) is 2.46. The third-order valence-electron chi connectivity index (χ3n) is 2.71. The fraction of sp³-hybridized carbons (Fsp3) is 0.0714. The van der Waals surface area contributed by atoms with Crippen molar-refractivity contribution in [3.8, 4) is 0 Å². The molecule has 19 heavy (non-hydrogen) atoms. The summed E-state index contributed by atoms with van der Waals surface area (Å²) in [6.07, 6.45) is 3.54. The Morgan fingerprint density at radius 1 is 1.00 bits per heavy atom. The molecule has 0 saturated carbocycles. The van der Waals surface area contributed by atoms with Gasteiger partial charge in [-0.25, -0.2) is 9.97 Å². The Labute approximate surface area is 115 Å². The van der Waals surface area contributed by atoms with Crippen LogP contribution >= 0.6 is 11.6 Å². The Morgan fingerprint density at radius 3 is 2.53 bits per heavy atom. The van der Waals surface area contributed by atoms with Gasteiger partial charge in [-0.3, -0.25) is 4.98 Å². The normalized spacial score (nSPS) is 10.6. The number of aromatic nitrogens is 3. The minimum Gasteiger partial charge on any atom is -0.363 e. The van der Waals surface area contributed by atoms with Crippen LogP contribution in [0.1, 0.15) is 5.56 Å². The number of anilines is 1. The van der Waals surface area contributed by atoms with E-state index in [-0.39, 0.29) is 0 Å². The quantitative estimate of drug-likeness (QED) is 0.793. The molecule has 1 aromatic carbocycles. The van der Waals surface area contributed by atoms with E-state index in [0.29, 0.717) is 17.5 Å². The number of fused-ring (bicyclic) bond motifs is 1. The fourth-order valence-corrected chi connectivity index (χ4v) is 1.98. The molecule has 0 amide bonds. The summed E-state index contributed by atoms with van der Waals surface area (Å²) in [5.41, 5.74) is 2.67. The Bertz CT molecular complexity index is 700. The van der Waals surface area contributed by atoms with Crippen LogP contribution in [0.5, 0.6) is 0 Å². The zero-order chi connectivity index (χ0) is 13.1. The van der Waals surface area contributed by atoms with E-state index in [1.54, 1.807) is 12.4 Å². The number of hydrogen-bond acceptors (Lipinski definition) is 4. The van der Waals surface area contributed by atoms with Gasteiger partial charge in [0.2, 0.25) is 0 Å². The summed E-state index contributed by atoms with van der Waals surface area (Å²) in [7, 11) is 0. The zero-order valence-corrected chi connectivity index (χ0v) is 10.8. The highest BCUT2D eigenvalue weighted by Crippen LogP contribution is 2.21. The van der Waals surface area contributed by atoms with Gasteiger partial charge < -0.3 is 5.32 Å². The molecule has 0 bridgehead atoms. The molecule has 0 fully saturated rings. The van der Waals surface area contributed by atoms with Crippen LogP contribution in [0.3, 0.4) is 0 Å². The fourth-order valence-electron chi connectivity index (χ4n) is 1.78. The van der Waals surface area contributed by atoms with Crippen molar-refractivity contribution in [2.24, 2.45) is 0 Å². The molecule has 3 aromatic rings. The average molecular weight is 271 g/mol. The highest BCUT2D eigenvalue weighted by Gasteiger charge is 2.06. The van der Waals surface area contributed by atoms with Crippen LogP contribution in [-0.2, 0) is 6.54 Å². The first-order valence-corrected chi connectivity index (χ1v) is 6.26. The van der Waals surface area contributed by atoms with Gasteiger partial charge >= 0.3 is 0 Å². The summed E-state index contributed by atoms with van der Waals surface area (Å²) >= 11 is 6.12. The molecule has 4 nitrogen and oxygen atoms in total. The molecule has 2 aromatic heterocycles. The lowest BCUT2D eigenvalue weighted by Crippen LogP contribution is -2.03. The van der Waals surface area contributed by atoms with Gasteiger partial charge in [-0.2, -0.15) is 0 Å². The van der Waals surface area contributed by atoms with E-state index in [0.717, 1.165) is 16.6 Å². The number of nitrogens with zero attached hydrogens (tertiary/aromatic N) is 3. The van der Waals surface area contributed by atoms with Gasteiger partial charge in [-0.05, 0) is 23.8 Å². The smallest absolute Gasteiger partial charge is 0.172 e. The first kappa shape index (κ1) is 11.9. The summed E-state index contributed by atoms with van der Waals surface area (Å²) in [5.74, 6) is 0.587. The van der Waals surface area contributed by atoms with Gasteiger partial charge in [-0.1, -0.05) is 29.8 Å². The molecule has 0 aliphatic rings. The van der Waals surface area contributed by atoms with Crippen LogP contribution in [-0.4, -0.2) is 15.0 Å². The summed E-state index contributed by atoms with van der Waals surface area (Å²) in [6, 6.07) is 11.5. The molecule has 0 atom stereocenters. The molecule has 0 aliphatic heterocycles. The van der Waals surface area contributed by atoms with Gasteiger partial charge in [0.1, 0.15) is 0 Å². The lowest BCUT2D eigenvalue weighted by molar-refractivity contribution is 1.08. The molecule has 0 spiro atoms. The van der Waals surface area contributed by atoms with E-state index in [9.17, 15) is 0 Å². The maximum atomic E-state index is 6.12. The first-order valence-electron chi connectivity index (χ1n) is 5.88. The molecule has 2 heterocycles. The largest absolute Gasteiger partial charge is 0.363 e. The zero-order valence-electron chi connectivity index (χ0n) is 10.0. The summed E-state index contributed by atoms with van der Waals surface area (Å²) < 4.78 is 0. The molecule has 5 heteroatoms. The van der Waals surface area contributed by atoms with E-state index in [2.05, 4.69) is 20.3 Å². The number of para-hydroxylation sites is 2. The van der Waals surface area contributed by atoms with Crippen LogP contribution in [0, 0.1) is 0 Å². The van der Waals surface area contributed by atoms with Gasteiger partial charge in [0.05, 0.1) is 11.0 Å². The van der Waals surface area contributed by atoms with Crippen molar-refractivity contribution in [2.45, 2.75) is 6.54 Å². The second-order valence-electron chi connectivity index (χ2n) is 4.07. The Balaban J connectivity index is 1.86. The molecule has 3 rings (SSSR count). The predicted octanol–water partition coefficient (Wildman–Crippen LogP) is 3.29. The van der Waals surface area contributed by atoms with Gasteiger partial charge in [0.15, 0.2) is 11.0 Å². The molecule has 94 valence electrons. The Hall–Kier alpha value is -2.20.